The predicted molar refractivity (Wildman–Crippen MR) is 191 cm³/mol. The maximum atomic E-state index is 13.5. The number of allylic oxidation sites excluding steroid dienone is 1. The van der Waals surface area contributed by atoms with Gasteiger partial charge < -0.3 is 25.6 Å². The number of tetrazole rings is 1. The summed E-state index contributed by atoms with van der Waals surface area (Å²) in [7, 11) is 2.01. The number of nitrogen functional groups attached to an aromatic ring is 1. The molecule has 2 heterocycles. The van der Waals surface area contributed by atoms with Crippen LogP contribution in [0.2, 0.25) is 0 Å². The lowest BCUT2D eigenvalue weighted by atomic mass is 9.34. The van der Waals surface area contributed by atoms with Gasteiger partial charge in [0.05, 0.1) is 31.8 Å². The van der Waals surface area contributed by atoms with Gasteiger partial charge in [-0.1, -0.05) is 86.0 Å². The van der Waals surface area contributed by atoms with Crippen molar-refractivity contribution in [2.45, 2.75) is 132 Å². The average molecular weight is 683 g/mol. The number of likely N-dealkylation sites (N-methyl/N-ethyl adjacent to an activating group) is 1. The van der Waals surface area contributed by atoms with Crippen molar-refractivity contribution < 1.29 is 19.4 Å². The SMILES string of the molecule is CN[C@@](C)(CO[C@H]1[C@H](n2nnc(N)n2)C[C@@]23COC[C@@]1(C)[C@@H]2CC[C@H]1C3=CC[C@@]2(C)[C@H](C(=O)O)[C@@](C)([C@H](C)C(C)C)CC[C@]12C)C(C)(C)C. The van der Waals surface area contributed by atoms with Crippen molar-refractivity contribution in [3.05, 3.63) is 11.6 Å². The van der Waals surface area contributed by atoms with E-state index in [1.165, 1.54) is 5.57 Å². The van der Waals surface area contributed by atoms with Crippen LogP contribution in [0.25, 0.3) is 0 Å². The molecule has 49 heavy (non-hydrogen) atoms. The molecule has 3 saturated carbocycles. The zero-order valence-corrected chi connectivity index (χ0v) is 32.5. The van der Waals surface area contributed by atoms with Crippen LogP contribution in [0, 0.1) is 62.1 Å². The Bertz CT molecular complexity index is 1470. The molecule has 0 amide bonds. The number of carboxylic acid groups (broad SMARTS) is 1. The summed E-state index contributed by atoms with van der Waals surface area (Å²) in [6.45, 7) is 27.0. The van der Waals surface area contributed by atoms with Gasteiger partial charge in [0, 0.05) is 16.4 Å². The van der Waals surface area contributed by atoms with Crippen LogP contribution in [0.15, 0.2) is 11.6 Å². The monoisotopic (exact) mass is 683 g/mol. The predicted octanol–water partition coefficient (Wildman–Crippen LogP) is 6.79. The normalized spacial score (nSPS) is 43.9. The Balaban J connectivity index is 1.44. The first-order valence-electron chi connectivity index (χ1n) is 19.0. The van der Waals surface area contributed by atoms with Gasteiger partial charge >= 0.3 is 5.97 Å². The van der Waals surface area contributed by atoms with Crippen LogP contribution >= 0.6 is 0 Å². The highest BCUT2D eigenvalue weighted by Crippen LogP contribution is 2.75. The zero-order chi connectivity index (χ0) is 36.2. The summed E-state index contributed by atoms with van der Waals surface area (Å²) in [5, 5.41) is 27.8. The van der Waals surface area contributed by atoms with Gasteiger partial charge in [-0.15, -0.1) is 5.10 Å². The number of nitrogens with one attached hydrogen (secondary N) is 1. The number of rotatable bonds is 8. The average Bonchev–Trinajstić information content (AvgIpc) is 3.45. The fourth-order valence-corrected chi connectivity index (χ4v) is 12.4. The Labute approximate surface area is 295 Å². The van der Waals surface area contributed by atoms with Gasteiger partial charge in [-0.25, -0.2) is 0 Å². The Hall–Kier alpha value is -2.04. The third-order valence-corrected chi connectivity index (χ3v) is 16.6. The third-order valence-electron chi connectivity index (χ3n) is 16.6. The molecule has 1 aliphatic heterocycles. The number of anilines is 1. The highest BCUT2D eigenvalue weighted by Gasteiger charge is 2.72. The van der Waals surface area contributed by atoms with Crippen molar-refractivity contribution in [1.29, 1.82) is 0 Å². The molecule has 0 spiro atoms. The van der Waals surface area contributed by atoms with Crippen LogP contribution < -0.4 is 11.1 Å². The molecule has 1 saturated heterocycles. The lowest BCUT2D eigenvalue weighted by Crippen LogP contribution is -2.69. The molecular formula is C39H66N6O4. The van der Waals surface area contributed by atoms with E-state index in [1.54, 1.807) is 4.80 Å². The van der Waals surface area contributed by atoms with Gasteiger partial charge in [-0.3, -0.25) is 4.79 Å². The van der Waals surface area contributed by atoms with Gasteiger partial charge in [-0.2, -0.15) is 4.80 Å². The molecule has 0 radical (unpaired) electrons. The van der Waals surface area contributed by atoms with Crippen LogP contribution in [-0.2, 0) is 14.3 Å². The van der Waals surface area contributed by atoms with Crippen LogP contribution in [0.4, 0.5) is 5.95 Å². The van der Waals surface area contributed by atoms with Gasteiger partial charge in [0.2, 0.25) is 0 Å². The number of nitrogens with two attached hydrogens (primary N) is 1. The minimum absolute atomic E-state index is 0.0422. The third kappa shape index (κ3) is 5.02. The number of hydrogen-bond acceptors (Lipinski definition) is 8. The molecule has 5 aliphatic rings. The molecule has 1 aromatic rings. The fourth-order valence-electron chi connectivity index (χ4n) is 12.4. The summed E-state index contributed by atoms with van der Waals surface area (Å²) in [6.07, 6.45) is 7.92. The van der Waals surface area contributed by atoms with E-state index in [1.807, 2.05) is 7.05 Å². The molecule has 4 fully saturated rings. The van der Waals surface area contributed by atoms with E-state index in [-0.39, 0.29) is 62.0 Å². The van der Waals surface area contributed by atoms with Crippen molar-refractivity contribution >= 4 is 11.9 Å². The Morgan fingerprint density at radius 1 is 1.12 bits per heavy atom. The number of aromatic nitrogens is 4. The fraction of sp³-hybridized carbons (Fsp3) is 0.897. The molecule has 0 aromatic carbocycles. The molecule has 6 rings (SSSR count). The summed E-state index contributed by atoms with van der Waals surface area (Å²) < 4.78 is 13.9. The molecule has 0 unspecified atom stereocenters. The quantitative estimate of drug-likeness (QED) is 0.253. The number of ether oxygens (including phenoxy) is 2. The lowest BCUT2D eigenvalue weighted by molar-refractivity contribution is -0.255. The molecule has 4 aliphatic carbocycles. The highest BCUT2D eigenvalue weighted by atomic mass is 16.5. The first-order valence-corrected chi connectivity index (χ1v) is 19.0. The summed E-state index contributed by atoms with van der Waals surface area (Å²) in [5.74, 6) is 0.494. The first kappa shape index (κ1) is 36.7. The Morgan fingerprint density at radius 3 is 2.39 bits per heavy atom. The van der Waals surface area contributed by atoms with Crippen molar-refractivity contribution in [2.75, 3.05) is 32.6 Å². The molecule has 2 bridgehead atoms. The number of fused-ring (bicyclic) bond motifs is 3. The molecule has 276 valence electrons. The minimum Gasteiger partial charge on any atom is -0.481 e. The summed E-state index contributed by atoms with van der Waals surface area (Å²) in [5.41, 5.74) is 5.98. The van der Waals surface area contributed by atoms with Crippen LogP contribution in [-0.4, -0.2) is 69.8 Å². The van der Waals surface area contributed by atoms with Crippen molar-refractivity contribution in [1.82, 2.24) is 25.5 Å². The molecular weight excluding hydrogens is 616 g/mol. The number of hydrogen-bond donors (Lipinski definition) is 3. The Morgan fingerprint density at radius 2 is 1.82 bits per heavy atom. The number of nitrogens with zero attached hydrogens (tertiary/aromatic N) is 4. The van der Waals surface area contributed by atoms with Gasteiger partial charge in [-0.05, 0) is 103 Å². The van der Waals surface area contributed by atoms with Crippen LogP contribution in [0.1, 0.15) is 121 Å². The summed E-state index contributed by atoms with van der Waals surface area (Å²) in [6, 6.07) is -0.176. The second-order valence-electron chi connectivity index (χ2n) is 19.6. The number of aliphatic carboxylic acids is 1. The number of carboxylic acids is 1. The summed E-state index contributed by atoms with van der Waals surface area (Å²) in [4.78, 5) is 15.2. The van der Waals surface area contributed by atoms with Gasteiger partial charge in [0.15, 0.2) is 0 Å². The maximum absolute atomic E-state index is 13.5. The van der Waals surface area contributed by atoms with E-state index >= 15 is 0 Å². The van der Waals surface area contributed by atoms with E-state index in [9.17, 15) is 9.90 Å². The lowest BCUT2D eigenvalue weighted by Gasteiger charge is -2.71. The largest absolute Gasteiger partial charge is 0.481 e. The molecule has 10 nitrogen and oxygen atoms in total. The van der Waals surface area contributed by atoms with Crippen molar-refractivity contribution in [3.8, 4) is 0 Å². The topological polar surface area (TPSA) is 137 Å². The Kier molecular flexibility index (Phi) is 8.80. The van der Waals surface area contributed by atoms with E-state index in [2.05, 4.69) is 103 Å². The minimum atomic E-state index is -0.628. The van der Waals surface area contributed by atoms with E-state index in [4.69, 9.17) is 15.2 Å². The highest BCUT2D eigenvalue weighted by molar-refractivity contribution is 5.73. The van der Waals surface area contributed by atoms with E-state index in [0.29, 0.717) is 37.6 Å². The van der Waals surface area contributed by atoms with Gasteiger partial charge in [0.25, 0.3) is 5.95 Å². The number of carbonyl (C=O) groups is 1. The standard InChI is InChI=1S/C39H66N6O4/c1-23(2)24(3)34(7)17-18-36(9)25-13-14-28-35(8)20-48-22-39(28,26(25)15-16-37(36,10)29(34)31(46)47)19-27(45-43-32(40)42-44-45)30(35)49-21-38(11,41-12)33(4,5)6/h15,23-25,27-30,41H,13-14,16-22H2,1-12H3,(H2,40,43)(H,46,47)/t24-,25+,27-,28+,29-,30+,34-,35+,36-,37+,38+,39+/m1/s1. The van der Waals surface area contributed by atoms with E-state index in [0.717, 1.165) is 38.5 Å². The maximum Gasteiger partial charge on any atom is 0.307 e. The van der Waals surface area contributed by atoms with Crippen molar-refractivity contribution in [2.24, 2.45) is 62.1 Å². The second kappa shape index (κ2) is 11.7. The molecule has 12 atom stereocenters. The summed E-state index contributed by atoms with van der Waals surface area (Å²) >= 11 is 0. The van der Waals surface area contributed by atoms with E-state index < -0.39 is 11.9 Å². The zero-order valence-electron chi connectivity index (χ0n) is 32.5. The smallest absolute Gasteiger partial charge is 0.307 e. The molecule has 10 heteroatoms. The van der Waals surface area contributed by atoms with Gasteiger partial charge in [0.1, 0.15) is 6.04 Å². The molecule has 4 N–H and O–H groups in total. The van der Waals surface area contributed by atoms with Crippen LogP contribution in [0.5, 0.6) is 0 Å². The van der Waals surface area contributed by atoms with Crippen molar-refractivity contribution in [3.63, 3.8) is 0 Å². The van der Waals surface area contributed by atoms with Crippen LogP contribution in [0.3, 0.4) is 0 Å². The first-order chi connectivity index (χ1) is 22.6. The molecule has 1 aromatic heterocycles. The second-order valence-corrected chi connectivity index (χ2v) is 19.6.